The van der Waals surface area contributed by atoms with Crippen molar-refractivity contribution in [3.05, 3.63) is 35.6 Å². The van der Waals surface area contributed by atoms with Crippen molar-refractivity contribution in [2.75, 3.05) is 0 Å². The average molecular weight is 224 g/mol. The summed E-state index contributed by atoms with van der Waals surface area (Å²) >= 11 is 0. The molecule has 16 heavy (non-hydrogen) atoms. The first-order valence-corrected chi connectivity index (χ1v) is 5.26. The first-order chi connectivity index (χ1) is 7.32. The number of carbonyl (C=O) groups excluding carboxylic acids is 1. The first kappa shape index (κ1) is 12.8. The summed E-state index contributed by atoms with van der Waals surface area (Å²) in [5.41, 5.74) is -0.182. The van der Waals surface area contributed by atoms with Gasteiger partial charge in [0.15, 0.2) is 5.78 Å². The standard InChI is InChI=1S/C13H17FO2/c1-13(2,3)12(16)11(15)8-9-6-4-5-7-10(9)14/h4-7,12,16H,8H2,1-3H3. The fraction of sp³-hybridized carbons (Fsp3) is 0.462. The van der Waals surface area contributed by atoms with Gasteiger partial charge in [-0.3, -0.25) is 4.79 Å². The van der Waals surface area contributed by atoms with Gasteiger partial charge in [0, 0.05) is 6.42 Å². The van der Waals surface area contributed by atoms with Crippen molar-refractivity contribution in [3.8, 4) is 0 Å². The maximum atomic E-state index is 13.3. The van der Waals surface area contributed by atoms with E-state index >= 15 is 0 Å². The highest BCUT2D eigenvalue weighted by molar-refractivity contribution is 5.85. The summed E-state index contributed by atoms with van der Waals surface area (Å²) in [5, 5.41) is 9.73. The van der Waals surface area contributed by atoms with E-state index in [0.29, 0.717) is 5.56 Å². The van der Waals surface area contributed by atoms with E-state index in [2.05, 4.69) is 0 Å². The van der Waals surface area contributed by atoms with Crippen molar-refractivity contribution >= 4 is 5.78 Å². The van der Waals surface area contributed by atoms with Crippen LogP contribution in [0.25, 0.3) is 0 Å². The zero-order valence-electron chi connectivity index (χ0n) is 9.83. The van der Waals surface area contributed by atoms with E-state index in [0.717, 1.165) is 0 Å². The highest BCUT2D eigenvalue weighted by Gasteiger charge is 2.29. The summed E-state index contributed by atoms with van der Waals surface area (Å²) in [6.45, 7) is 5.32. The number of carbonyl (C=O) groups is 1. The van der Waals surface area contributed by atoms with Gasteiger partial charge in [0.1, 0.15) is 11.9 Å². The zero-order chi connectivity index (χ0) is 12.3. The summed E-state index contributed by atoms with van der Waals surface area (Å²) in [6.07, 6.45) is -1.13. The smallest absolute Gasteiger partial charge is 0.166 e. The molecule has 3 heteroatoms. The molecule has 0 saturated carbocycles. The zero-order valence-corrected chi connectivity index (χ0v) is 9.83. The van der Waals surface area contributed by atoms with Crippen molar-refractivity contribution in [3.63, 3.8) is 0 Å². The van der Waals surface area contributed by atoms with Gasteiger partial charge >= 0.3 is 0 Å². The van der Waals surface area contributed by atoms with E-state index in [1.807, 2.05) is 0 Å². The molecule has 2 nitrogen and oxygen atoms in total. The van der Waals surface area contributed by atoms with Gasteiger partial charge in [-0.1, -0.05) is 39.0 Å². The molecule has 1 aromatic rings. The molecule has 0 aliphatic heterocycles. The second-order valence-corrected chi connectivity index (χ2v) is 5.00. The van der Waals surface area contributed by atoms with Crippen LogP contribution in [0.2, 0.25) is 0 Å². The van der Waals surface area contributed by atoms with Crippen LogP contribution in [0.1, 0.15) is 26.3 Å². The molecule has 1 aromatic carbocycles. The third kappa shape index (κ3) is 3.14. The summed E-state index contributed by atoms with van der Waals surface area (Å²) in [7, 11) is 0. The van der Waals surface area contributed by atoms with Crippen molar-refractivity contribution in [2.45, 2.75) is 33.3 Å². The Labute approximate surface area is 95.1 Å². The van der Waals surface area contributed by atoms with Crippen LogP contribution in [-0.4, -0.2) is 17.0 Å². The lowest BCUT2D eigenvalue weighted by Crippen LogP contribution is -2.35. The Balaban J connectivity index is 2.76. The molecule has 1 atom stereocenters. The quantitative estimate of drug-likeness (QED) is 0.855. The summed E-state index contributed by atoms with van der Waals surface area (Å²) in [5.74, 6) is -0.755. The molecular weight excluding hydrogens is 207 g/mol. The largest absolute Gasteiger partial charge is 0.385 e. The summed E-state index contributed by atoms with van der Waals surface area (Å²) in [4.78, 5) is 11.7. The minimum atomic E-state index is -1.06. The van der Waals surface area contributed by atoms with Crippen molar-refractivity contribution in [1.29, 1.82) is 0 Å². The highest BCUT2D eigenvalue weighted by Crippen LogP contribution is 2.21. The third-order valence-electron chi connectivity index (χ3n) is 2.45. The minimum absolute atomic E-state index is 0.0644. The number of ketones is 1. The molecule has 1 unspecified atom stereocenters. The monoisotopic (exact) mass is 224 g/mol. The molecule has 0 amide bonds. The van der Waals surface area contributed by atoms with Crippen LogP contribution in [0.3, 0.4) is 0 Å². The Bertz CT molecular complexity index is 380. The van der Waals surface area contributed by atoms with Gasteiger partial charge in [0.05, 0.1) is 0 Å². The van der Waals surface area contributed by atoms with Crippen molar-refractivity contribution < 1.29 is 14.3 Å². The molecule has 0 aliphatic carbocycles. The fourth-order valence-corrected chi connectivity index (χ4v) is 1.41. The molecule has 1 N–H and O–H groups in total. The molecule has 0 bridgehead atoms. The van der Waals surface area contributed by atoms with E-state index in [1.54, 1.807) is 39.0 Å². The number of aliphatic hydroxyl groups excluding tert-OH is 1. The number of rotatable bonds is 3. The van der Waals surface area contributed by atoms with E-state index in [-0.39, 0.29) is 12.2 Å². The van der Waals surface area contributed by atoms with E-state index < -0.39 is 17.3 Å². The fourth-order valence-electron chi connectivity index (χ4n) is 1.41. The third-order valence-corrected chi connectivity index (χ3v) is 2.45. The molecule has 0 aliphatic rings. The maximum absolute atomic E-state index is 13.3. The lowest BCUT2D eigenvalue weighted by Gasteiger charge is -2.24. The number of aliphatic hydroxyl groups is 1. The van der Waals surface area contributed by atoms with Crippen LogP contribution >= 0.6 is 0 Å². The van der Waals surface area contributed by atoms with Gasteiger partial charge in [0.25, 0.3) is 0 Å². The number of hydrogen-bond donors (Lipinski definition) is 1. The van der Waals surface area contributed by atoms with Crippen LogP contribution in [-0.2, 0) is 11.2 Å². The molecule has 0 saturated heterocycles. The number of Topliss-reactive ketones (excluding diaryl/α,β-unsaturated/α-hetero) is 1. The Hall–Kier alpha value is -1.22. The van der Waals surface area contributed by atoms with Crippen molar-refractivity contribution in [2.24, 2.45) is 5.41 Å². The number of hydrogen-bond acceptors (Lipinski definition) is 2. The van der Waals surface area contributed by atoms with Crippen LogP contribution in [0.15, 0.2) is 24.3 Å². The van der Waals surface area contributed by atoms with E-state index in [1.165, 1.54) is 6.07 Å². The van der Waals surface area contributed by atoms with Gasteiger partial charge < -0.3 is 5.11 Å². The lowest BCUT2D eigenvalue weighted by molar-refractivity contribution is -0.131. The summed E-state index contributed by atoms with van der Waals surface area (Å²) in [6, 6.07) is 6.12. The first-order valence-electron chi connectivity index (χ1n) is 5.26. The molecule has 88 valence electrons. The Morgan fingerprint density at radius 1 is 1.38 bits per heavy atom. The van der Waals surface area contributed by atoms with E-state index in [9.17, 15) is 14.3 Å². The minimum Gasteiger partial charge on any atom is -0.385 e. The Kier molecular flexibility index (Phi) is 3.81. The predicted octanol–water partition coefficient (Wildman–Crippen LogP) is 2.34. The van der Waals surface area contributed by atoms with Crippen LogP contribution in [0, 0.1) is 11.2 Å². The molecule has 0 fully saturated rings. The van der Waals surface area contributed by atoms with Crippen LogP contribution in [0.5, 0.6) is 0 Å². The normalized spacial score (nSPS) is 13.6. The molecule has 1 rings (SSSR count). The van der Waals surface area contributed by atoms with E-state index in [4.69, 9.17) is 0 Å². The number of halogens is 1. The molecule has 0 radical (unpaired) electrons. The van der Waals surface area contributed by atoms with Gasteiger partial charge in [-0.2, -0.15) is 0 Å². The van der Waals surface area contributed by atoms with Gasteiger partial charge in [-0.05, 0) is 17.0 Å². The van der Waals surface area contributed by atoms with Crippen LogP contribution in [0.4, 0.5) is 4.39 Å². The number of benzene rings is 1. The van der Waals surface area contributed by atoms with Crippen LogP contribution < -0.4 is 0 Å². The molecular formula is C13H17FO2. The lowest BCUT2D eigenvalue weighted by atomic mass is 9.85. The second-order valence-electron chi connectivity index (χ2n) is 5.00. The Morgan fingerprint density at radius 3 is 2.44 bits per heavy atom. The second kappa shape index (κ2) is 4.74. The summed E-state index contributed by atoms with van der Waals surface area (Å²) < 4.78 is 13.3. The molecule has 0 heterocycles. The Morgan fingerprint density at radius 2 is 1.94 bits per heavy atom. The highest BCUT2D eigenvalue weighted by atomic mass is 19.1. The van der Waals surface area contributed by atoms with Crippen molar-refractivity contribution in [1.82, 2.24) is 0 Å². The molecule has 0 aromatic heterocycles. The molecule has 0 spiro atoms. The van der Waals surface area contributed by atoms with Gasteiger partial charge in [0.2, 0.25) is 0 Å². The predicted molar refractivity (Wildman–Crippen MR) is 60.6 cm³/mol. The van der Waals surface area contributed by atoms with Gasteiger partial charge in [-0.15, -0.1) is 0 Å². The topological polar surface area (TPSA) is 37.3 Å². The van der Waals surface area contributed by atoms with Gasteiger partial charge in [-0.25, -0.2) is 4.39 Å². The maximum Gasteiger partial charge on any atom is 0.166 e. The average Bonchev–Trinajstić information content (AvgIpc) is 2.19. The SMILES string of the molecule is CC(C)(C)C(O)C(=O)Cc1ccccc1F.